The predicted octanol–water partition coefficient (Wildman–Crippen LogP) is 2.82. The van der Waals surface area contributed by atoms with E-state index in [1.807, 2.05) is 0 Å². The predicted molar refractivity (Wildman–Crippen MR) is 61.1 cm³/mol. The Balaban J connectivity index is 2.92. The molecular weight excluding hydrogens is 390 g/mol. The molecule has 50 valence electrons. The van der Waals surface area contributed by atoms with Crippen LogP contribution in [-0.4, -0.2) is 14.7 Å². The quantitative estimate of drug-likeness (QED) is 0.541. The molecule has 0 aromatic heterocycles. The number of rotatable bonds is 4. The summed E-state index contributed by atoms with van der Waals surface area (Å²) < 4.78 is 10.7. The first-order valence-corrected chi connectivity index (χ1v) is 10.2. The van der Waals surface area contributed by atoms with Gasteiger partial charge >= 0.3 is 0 Å². The third kappa shape index (κ3) is 6.59. The maximum Gasteiger partial charge on any atom is 0.161 e. The average molecular weight is 394 g/mol. The molecular formula is C2H4I2OS3. The van der Waals surface area contributed by atoms with E-state index < -0.39 is 11.2 Å². The van der Waals surface area contributed by atoms with E-state index in [0.29, 0.717) is 0 Å². The minimum Gasteiger partial charge on any atom is -0.615 e. The van der Waals surface area contributed by atoms with Gasteiger partial charge in [-0.2, -0.15) is 0 Å². The Labute approximate surface area is 84.9 Å². The van der Waals surface area contributed by atoms with Gasteiger partial charge in [0.05, 0.1) is 0 Å². The van der Waals surface area contributed by atoms with Crippen LogP contribution in [0.1, 0.15) is 0 Å². The largest absolute Gasteiger partial charge is 0.615 e. The third-order valence-electron chi connectivity index (χ3n) is 0.352. The van der Waals surface area contributed by atoms with Crippen molar-refractivity contribution in [1.29, 1.82) is 0 Å². The van der Waals surface area contributed by atoms with Crippen LogP contribution in [0.2, 0.25) is 0 Å². The fourth-order valence-electron chi connectivity index (χ4n) is 0.133. The Bertz CT molecular complexity index is 48.5. The number of hydrogen-bond donors (Lipinski definition) is 0. The van der Waals surface area contributed by atoms with Crippen LogP contribution >= 0.6 is 60.3 Å². The van der Waals surface area contributed by atoms with Crippen LogP contribution in [0.4, 0.5) is 0 Å². The molecule has 1 nitrogen and oxygen atoms in total. The van der Waals surface area contributed by atoms with Gasteiger partial charge in [0, 0.05) is 42.4 Å². The molecule has 0 radical (unpaired) electrons. The summed E-state index contributed by atoms with van der Waals surface area (Å²) >= 11 is 3.70. The molecule has 0 atom stereocenters. The molecule has 0 aliphatic rings. The van der Waals surface area contributed by atoms with E-state index in [1.54, 1.807) is 17.9 Å². The molecule has 0 aromatic rings. The summed E-state index contributed by atoms with van der Waals surface area (Å²) in [6, 6.07) is 0. The molecule has 0 bridgehead atoms. The second-order valence-electron chi connectivity index (χ2n) is 0.894. The van der Waals surface area contributed by atoms with Crippen molar-refractivity contribution in [3.8, 4) is 0 Å². The van der Waals surface area contributed by atoms with Gasteiger partial charge in [-0.05, 0) is 29.0 Å². The first-order chi connectivity index (χ1) is 3.81. The van der Waals surface area contributed by atoms with Crippen molar-refractivity contribution in [3.63, 3.8) is 0 Å². The molecule has 0 unspecified atom stereocenters. The Morgan fingerprint density at radius 2 is 1.62 bits per heavy atom. The lowest BCUT2D eigenvalue weighted by Gasteiger charge is -2.04. The van der Waals surface area contributed by atoms with Crippen LogP contribution in [-0.2, 0) is 11.2 Å². The van der Waals surface area contributed by atoms with Gasteiger partial charge in [0.15, 0.2) is 10.2 Å². The lowest BCUT2D eigenvalue weighted by molar-refractivity contribution is 0.604. The molecule has 0 rings (SSSR count). The van der Waals surface area contributed by atoms with Crippen LogP contribution in [0.25, 0.3) is 0 Å². The van der Waals surface area contributed by atoms with Crippen molar-refractivity contribution in [3.05, 3.63) is 0 Å². The van der Waals surface area contributed by atoms with Crippen molar-refractivity contribution >= 4 is 71.5 Å². The smallest absolute Gasteiger partial charge is 0.161 e. The molecule has 0 aliphatic carbocycles. The molecule has 0 heterocycles. The van der Waals surface area contributed by atoms with Gasteiger partial charge in [0.2, 0.25) is 0 Å². The standard InChI is InChI=1S/C2H4I2OS3/c3-6-1-8(5)2-7-4/h1-2H2. The van der Waals surface area contributed by atoms with E-state index in [9.17, 15) is 4.55 Å². The van der Waals surface area contributed by atoms with E-state index in [0.717, 1.165) is 10.2 Å². The van der Waals surface area contributed by atoms with Gasteiger partial charge in [-0.15, -0.1) is 0 Å². The van der Waals surface area contributed by atoms with Crippen LogP contribution in [0, 0.1) is 0 Å². The number of hydrogen-bond acceptors (Lipinski definition) is 3. The highest BCUT2D eigenvalue weighted by Crippen LogP contribution is 2.20. The summed E-state index contributed by atoms with van der Waals surface area (Å²) in [5, 5.41) is 1.52. The van der Waals surface area contributed by atoms with E-state index in [2.05, 4.69) is 42.4 Å². The highest BCUT2D eigenvalue weighted by molar-refractivity contribution is 14.2. The molecule has 6 heteroatoms. The molecule has 0 N–H and O–H groups in total. The van der Waals surface area contributed by atoms with Crippen molar-refractivity contribution in [2.24, 2.45) is 0 Å². The molecule has 0 saturated carbocycles. The molecule has 0 aliphatic heterocycles. The summed E-state index contributed by atoms with van der Waals surface area (Å²) in [5.74, 6) is 0. The highest BCUT2D eigenvalue weighted by Gasteiger charge is 2.01. The summed E-state index contributed by atoms with van der Waals surface area (Å²) in [4.78, 5) is 0. The van der Waals surface area contributed by atoms with Crippen LogP contribution in [0.15, 0.2) is 0 Å². The Morgan fingerprint density at radius 3 is 1.88 bits per heavy atom. The minimum atomic E-state index is -0.609. The van der Waals surface area contributed by atoms with Gasteiger partial charge < -0.3 is 4.55 Å². The fourth-order valence-corrected chi connectivity index (χ4v) is 6.92. The van der Waals surface area contributed by atoms with Gasteiger partial charge in [-0.1, -0.05) is 0 Å². The second kappa shape index (κ2) is 7.58. The molecule has 0 saturated heterocycles. The topological polar surface area (TPSA) is 23.1 Å². The molecule has 0 aromatic carbocycles. The van der Waals surface area contributed by atoms with E-state index in [4.69, 9.17) is 0 Å². The highest BCUT2D eigenvalue weighted by atomic mass is 127. The van der Waals surface area contributed by atoms with Crippen molar-refractivity contribution < 1.29 is 4.55 Å². The monoisotopic (exact) mass is 394 g/mol. The molecule has 0 spiro atoms. The summed E-state index contributed by atoms with van der Waals surface area (Å²) in [7, 11) is 3.21. The zero-order chi connectivity index (χ0) is 6.41. The van der Waals surface area contributed by atoms with Gasteiger partial charge in [0.1, 0.15) is 0 Å². The summed E-state index contributed by atoms with van der Waals surface area (Å²) in [6.07, 6.45) is 0. The Morgan fingerprint density at radius 1 is 1.25 bits per heavy atom. The number of halogens is 2. The fraction of sp³-hybridized carbons (Fsp3) is 1.00. The molecule has 0 fully saturated rings. The first-order valence-electron chi connectivity index (χ1n) is 1.63. The van der Waals surface area contributed by atoms with Crippen molar-refractivity contribution in [1.82, 2.24) is 0 Å². The van der Waals surface area contributed by atoms with Gasteiger partial charge in [-0.25, -0.2) is 0 Å². The third-order valence-corrected chi connectivity index (χ3v) is 7.74. The summed E-state index contributed by atoms with van der Waals surface area (Å²) in [5.41, 5.74) is 0. The molecule has 8 heavy (non-hydrogen) atoms. The minimum absolute atomic E-state index is 0.609. The average Bonchev–Trinajstić information content (AvgIpc) is 1.68. The SMILES string of the molecule is [O-][S+](CSI)CSI. The van der Waals surface area contributed by atoms with Crippen molar-refractivity contribution in [2.75, 3.05) is 10.2 Å². The van der Waals surface area contributed by atoms with E-state index in [1.165, 1.54) is 0 Å². The van der Waals surface area contributed by atoms with E-state index in [-0.39, 0.29) is 0 Å². The first kappa shape index (κ1) is 10.5. The zero-order valence-electron chi connectivity index (χ0n) is 3.80. The lowest BCUT2D eigenvalue weighted by atomic mass is 11.9. The van der Waals surface area contributed by atoms with Crippen LogP contribution in [0.5, 0.6) is 0 Å². The molecule has 0 amide bonds. The van der Waals surface area contributed by atoms with Crippen LogP contribution in [0.3, 0.4) is 0 Å². The second-order valence-corrected chi connectivity index (χ2v) is 7.83. The Kier molecular flexibility index (Phi) is 9.91. The van der Waals surface area contributed by atoms with Crippen LogP contribution < -0.4 is 0 Å². The maximum absolute atomic E-state index is 10.7. The van der Waals surface area contributed by atoms with Crippen molar-refractivity contribution in [2.45, 2.75) is 0 Å². The normalized spacial score (nSPS) is 10.5. The van der Waals surface area contributed by atoms with Gasteiger partial charge in [-0.3, -0.25) is 0 Å². The zero-order valence-corrected chi connectivity index (χ0v) is 10.6. The van der Waals surface area contributed by atoms with E-state index >= 15 is 0 Å². The summed E-state index contributed by atoms with van der Waals surface area (Å²) in [6.45, 7) is 0. The maximum atomic E-state index is 10.7. The lowest BCUT2D eigenvalue weighted by Crippen LogP contribution is -2.03. The Hall–Kier alpha value is 2.47. The van der Waals surface area contributed by atoms with Gasteiger partial charge in [0.25, 0.3) is 0 Å².